The zero-order valence-electron chi connectivity index (χ0n) is 40.2. The maximum absolute atomic E-state index is 13.0. The van der Waals surface area contributed by atoms with Crippen molar-refractivity contribution in [1.29, 1.82) is 0 Å². The van der Waals surface area contributed by atoms with Crippen LogP contribution in [0.4, 0.5) is 0 Å². The number of aliphatic hydroxyl groups excluding tert-OH is 7. The largest absolute Gasteiger partial charge is 0.462 e. The molecule has 2 saturated heterocycles. The third-order valence-electron chi connectivity index (χ3n) is 11.8. The minimum Gasteiger partial charge on any atom is -0.462 e. The second-order valence-corrected chi connectivity index (χ2v) is 17.6. The van der Waals surface area contributed by atoms with Gasteiger partial charge in [-0.2, -0.15) is 0 Å². The van der Waals surface area contributed by atoms with Crippen molar-refractivity contribution >= 4 is 11.9 Å². The lowest BCUT2D eigenvalue weighted by Gasteiger charge is -2.42. The summed E-state index contributed by atoms with van der Waals surface area (Å²) in [5, 5.41) is 72.0. The smallest absolute Gasteiger partial charge is 0.306 e. The summed E-state index contributed by atoms with van der Waals surface area (Å²) in [6.45, 7) is 2.49. The Bertz CT molecular complexity index is 1340. The quantitative estimate of drug-likeness (QED) is 0.0194. The second kappa shape index (κ2) is 38.3. The van der Waals surface area contributed by atoms with Gasteiger partial charge in [-0.1, -0.05) is 152 Å². The van der Waals surface area contributed by atoms with Crippen LogP contribution in [0.3, 0.4) is 0 Å². The fourth-order valence-corrected chi connectivity index (χ4v) is 7.62. The Kier molecular flexibility index (Phi) is 34.6. The summed E-state index contributed by atoms with van der Waals surface area (Å²) in [5.74, 6) is -0.990. The zero-order chi connectivity index (χ0) is 48.2. The number of aliphatic hydroxyl groups is 7. The van der Waals surface area contributed by atoms with E-state index >= 15 is 0 Å². The molecule has 0 radical (unpaired) electrons. The minimum absolute atomic E-state index is 0.0895. The van der Waals surface area contributed by atoms with Gasteiger partial charge in [0, 0.05) is 12.8 Å². The van der Waals surface area contributed by atoms with E-state index in [-0.39, 0.29) is 19.4 Å². The fraction of sp³-hybridized carbons (Fsp3) is 0.804. The van der Waals surface area contributed by atoms with Crippen molar-refractivity contribution in [3.63, 3.8) is 0 Å². The Morgan fingerprint density at radius 3 is 1.47 bits per heavy atom. The SMILES string of the molecule is CCCCC/C=C/C/C=C/C/C=C/C/C=C/CCCC(=O)O[C@H](COC(=O)CCCCCCCCCCCCCCC)CO[C@H]1O[C@@H](CO[C@H]2O[C@@H](CO)[C@@H](O)C(O)C2O)[C@@H](O)C(O)C1O. The molecular formula is C51H88O15. The summed E-state index contributed by atoms with van der Waals surface area (Å²) < 4.78 is 33.5. The van der Waals surface area contributed by atoms with Gasteiger partial charge in [-0.3, -0.25) is 9.59 Å². The molecule has 15 nitrogen and oxygen atoms in total. The average molecular weight is 941 g/mol. The van der Waals surface area contributed by atoms with Crippen LogP contribution in [0.1, 0.15) is 168 Å². The van der Waals surface area contributed by atoms with Crippen molar-refractivity contribution in [2.24, 2.45) is 0 Å². The van der Waals surface area contributed by atoms with E-state index in [9.17, 15) is 45.3 Å². The monoisotopic (exact) mass is 941 g/mol. The van der Waals surface area contributed by atoms with Gasteiger partial charge in [-0.15, -0.1) is 0 Å². The number of carbonyl (C=O) groups is 2. The molecule has 0 aromatic rings. The molecule has 2 aliphatic heterocycles. The van der Waals surface area contributed by atoms with Gasteiger partial charge < -0.3 is 64.2 Å². The Hall–Kier alpha value is -2.54. The molecule has 0 aromatic carbocycles. The summed E-state index contributed by atoms with van der Waals surface area (Å²) >= 11 is 0. The van der Waals surface area contributed by atoms with E-state index in [0.717, 1.165) is 44.9 Å². The van der Waals surface area contributed by atoms with Crippen LogP contribution in [-0.2, 0) is 38.0 Å². The highest BCUT2D eigenvalue weighted by Gasteiger charge is 2.47. The van der Waals surface area contributed by atoms with Crippen molar-refractivity contribution in [3.8, 4) is 0 Å². The highest BCUT2D eigenvalue weighted by atomic mass is 16.7. The van der Waals surface area contributed by atoms with E-state index in [2.05, 4.69) is 50.3 Å². The number of carbonyl (C=O) groups excluding carboxylic acids is 2. The van der Waals surface area contributed by atoms with Crippen LogP contribution in [0, 0.1) is 0 Å². The number of ether oxygens (including phenoxy) is 6. The van der Waals surface area contributed by atoms with Crippen LogP contribution in [0.25, 0.3) is 0 Å². The summed E-state index contributed by atoms with van der Waals surface area (Å²) in [5.41, 5.74) is 0. The molecule has 7 N–H and O–H groups in total. The highest BCUT2D eigenvalue weighted by molar-refractivity contribution is 5.70. The van der Waals surface area contributed by atoms with Gasteiger partial charge in [0.25, 0.3) is 0 Å². The molecule has 2 aliphatic rings. The van der Waals surface area contributed by atoms with E-state index in [0.29, 0.717) is 19.3 Å². The molecule has 11 atom stereocenters. The molecule has 66 heavy (non-hydrogen) atoms. The maximum atomic E-state index is 13.0. The molecule has 2 heterocycles. The lowest BCUT2D eigenvalue weighted by Crippen LogP contribution is -2.61. The second-order valence-electron chi connectivity index (χ2n) is 17.6. The predicted molar refractivity (Wildman–Crippen MR) is 252 cm³/mol. The number of hydrogen-bond donors (Lipinski definition) is 7. The Labute approximate surface area is 395 Å². The average Bonchev–Trinajstić information content (AvgIpc) is 3.31. The fourth-order valence-electron chi connectivity index (χ4n) is 7.62. The number of hydrogen-bond acceptors (Lipinski definition) is 15. The molecular weight excluding hydrogens is 853 g/mol. The molecule has 382 valence electrons. The van der Waals surface area contributed by atoms with Gasteiger partial charge in [0.1, 0.15) is 55.4 Å². The molecule has 0 bridgehead atoms. The van der Waals surface area contributed by atoms with Gasteiger partial charge in [-0.25, -0.2) is 0 Å². The predicted octanol–water partition coefficient (Wildman–Crippen LogP) is 6.71. The maximum Gasteiger partial charge on any atom is 0.306 e. The Morgan fingerprint density at radius 2 is 0.924 bits per heavy atom. The third kappa shape index (κ3) is 26.3. The first kappa shape index (κ1) is 59.6. The minimum atomic E-state index is -1.77. The first-order valence-electron chi connectivity index (χ1n) is 25.2. The summed E-state index contributed by atoms with van der Waals surface area (Å²) in [6.07, 6.45) is 24.3. The summed E-state index contributed by atoms with van der Waals surface area (Å²) in [4.78, 5) is 25.7. The number of unbranched alkanes of at least 4 members (excludes halogenated alkanes) is 16. The first-order chi connectivity index (χ1) is 32.0. The van der Waals surface area contributed by atoms with Crippen LogP contribution in [0.15, 0.2) is 48.6 Å². The van der Waals surface area contributed by atoms with Crippen LogP contribution < -0.4 is 0 Å². The zero-order valence-corrected chi connectivity index (χ0v) is 40.2. The van der Waals surface area contributed by atoms with Gasteiger partial charge >= 0.3 is 11.9 Å². The highest BCUT2D eigenvalue weighted by Crippen LogP contribution is 2.26. The topological polar surface area (TPSA) is 231 Å². The molecule has 0 spiro atoms. The number of esters is 2. The van der Waals surface area contributed by atoms with E-state index in [1.165, 1.54) is 77.0 Å². The molecule has 15 heteroatoms. The number of allylic oxidation sites excluding steroid dienone is 8. The van der Waals surface area contributed by atoms with Crippen molar-refractivity contribution in [2.45, 2.75) is 235 Å². The van der Waals surface area contributed by atoms with E-state index in [1.54, 1.807) is 0 Å². The standard InChI is InChI=1S/C51H88O15/c1-3-5-7-9-11-13-15-17-18-19-20-22-24-26-28-30-32-34-43(54)64-39(36-61-42(53)33-31-29-27-25-23-21-16-14-12-10-8-6-4-2)37-62-50-49(60)47(58)45(56)41(66-50)38-63-51-48(59)46(57)44(55)40(35-52)65-51/h11,13,17-18,20,22,26,28,39-41,44-52,55-60H,3-10,12,14-16,19,21,23-25,27,29-38H2,1-2H3/b13-11+,18-17+,22-20+,28-26+/t39-,40+,41+,44-,45-,46?,47?,48?,49?,50+,51+/m1/s1. The number of rotatable bonds is 38. The van der Waals surface area contributed by atoms with Gasteiger partial charge in [-0.05, 0) is 51.4 Å². The molecule has 4 unspecified atom stereocenters. The Morgan fingerprint density at radius 1 is 0.485 bits per heavy atom. The molecule has 0 amide bonds. The van der Waals surface area contributed by atoms with Gasteiger partial charge in [0.2, 0.25) is 0 Å². The van der Waals surface area contributed by atoms with Crippen LogP contribution in [0.5, 0.6) is 0 Å². The van der Waals surface area contributed by atoms with Gasteiger partial charge in [0.05, 0.1) is 19.8 Å². The van der Waals surface area contributed by atoms with Crippen LogP contribution in [-0.4, -0.2) is 142 Å². The van der Waals surface area contributed by atoms with Crippen LogP contribution in [0.2, 0.25) is 0 Å². The normalized spacial score (nSPS) is 26.6. The summed E-state index contributed by atoms with van der Waals surface area (Å²) in [6, 6.07) is 0. The molecule has 0 aromatic heterocycles. The van der Waals surface area contributed by atoms with E-state index in [4.69, 9.17) is 28.4 Å². The van der Waals surface area contributed by atoms with Gasteiger partial charge in [0.15, 0.2) is 18.7 Å². The first-order valence-corrected chi connectivity index (χ1v) is 25.2. The van der Waals surface area contributed by atoms with Crippen LogP contribution >= 0.6 is 0 Å². The van der Waals surface area contributed by atoms with Crippen molar-refractivity contribution in [3.05, 3.63) is 48.6 Å². The Balaban J connectivity index is 1.85. The molecule has 0 saturated carbocycles. The molecule has 0 aliphatic carbocycles. The van der Waals surface area contributed by atoms with Crippen molar-refractivity contribution in [2.75, 3.05) is 26.4 Å². The lowest BCUT2D eigenvalue weighted by molar-refractivity contribution is -0.332. The third-order valence-corrected chi connectivity index (χ3v) is 11.8. The lowest BCUT2D eigenvalue weighted by atomic mass is 9.98. The van der Waals surface area contributed by atoms with Crippen molar-refractivity contribution in [1.82, 2.24) is 0 Å². The van der Waals surface area contributed by atoms with E-state index < -0.39 is 99.3 Å². The molecule has 2 rings (SSSR count). The van der Waals surface area contributed by atoms with Crippen molar-refractivity contribution < 1.29 is 73.8 Å². The summed E-state index contributed by atoms with van der Waals surface area (Å²) in [7, 11) is 0. The van der Waals surface area contributed by atoms with E-state index in [1.807, 2.05) is 12.2 Å². The molecule has 2 fully saturated rings.